The van der Waals surface area contributed by atoms with Gasteiger partial charge in [-0.3, -0.25) is 0 Å². The molecule has 12 heteroatoms. The van der Waals surface area contributed by atoms with Crippen LogP contribution in [-0.2, 0) is 12.7 Å². The Hall–Kier alpha value is -3.32. The fraction of sp³-hybridized carbons (Fsp3) is 0.346. The van der Waals surface area contributed by atoms with E-state index in [0.29, 0.717) is 28.2 Å². The molecule has 0 aliphatic heterocycles. The van der Waals surface area contributed by atoms with Gasteiger partial charge >= 0.3 is 6.18 Å². The highest BCUT2D eigenvalue weighted by Gasteiger charge is 2.30. The molecule has 0 aliphatic rings. The average Bonchev–Trinajstić information content (AvgIpc) is 3.31. The predicted molar refractivity (Wildman–Crippen MR) is 141 cm³/mol. The van der Waals surface area contributed by atoms with E-state index in [4.69, 9.17) is 0 Å². The number of fused-ring (bicyclic) bond motifs is 1. The highest BCUT2D eigenvalue weighted by Crippen LogP contribution is 2.36. The van der Waals surface area contributed by atoms with Crippen LogP contribution in [0.5, 0.6) is 0 Å². The minimum Gasteiger partial charge on any atom is -0.396 e. The van der Waals surface area contributed by atoms with Crippen molar-refractivity contribution in [3.05, 3.63) is 65.4 Å². The summed E-state index contributed by atoms with van der Waals surface area (Å²) >= 11 is 1.42. The van der Waals surface area contributed by atoms with Gasteiger partial charge < -0.3 is 26.0 Å². The van der Waals surface area contributed by atoms with Gasteiger partial charge in [-0.15, -0.1) is 11.3 Å². The van der Waals surface area contributed by atoms with Gasteiger partial charge in [0.05, 0.1) is 27.0 Å². The summed E-state index contributed by atoms with van der Waals surface area (Å²) in [6, 6.07) is 12.4. The number of para-hydroxylation sites is 1. The topological polar surface area (TPSA) is 123 Å². The smallest absolute Gasteiger partial charge is 0.396 e. The summed E-state index contributed by atoms with van der Waals surface area (Å²) in [5.41, 5.74) is 1.71. The Morgan fingerprint density at radius 1 is 1.00 bits per heavy atom. The molecule has 5 N–H and O–H groups in total. The number of hydrogen-bond donors (Lipinski definition) is 5. The van der Waals surface area contributed by atoms with Gasteiger partial charge in [0.15, 0.2) is 6.23 Å². The average molecular weight is 548 g/mol. The monoisotopic (exact) mass is 547 g/mol. The first kappa shape index (κ1) is 27.7. The number of alkyl halides is 3. The van der Waals surface area contributed by atoms with Gasteiger partial charge in [-0.25, -0.2) is 9.97 Å². The molecule has 0 spiro atoms. The molecule has 0 saturated carbocycles. The summed E-state index contributed by atoms with van der Waals surface area (Å²) in [5, 5.41) is 37.3. The molecule has 2 aromatic heterocycles. The van der Waals surface area contributed by atoms with E-state index in [-0.39, 0.29) is 24.9 Å². The van der Waals surface area contributed by atoms with E-state index >= 15 is 0 Å². The van der Waals surface area contributed by atoms with Crippen molar-refractivity contribution in [2.75, 3.05) is 17.2 Å². The van der Waals surface area contributed by atoms with Gasteiger partial charge in [-0.2, -0.15) is 18.2 Å². The van der Waals surface area contributed by atoms with E-state index in [0.717, 1.165) is 22.3 Å². The first-order valence-electron chi connectivity index (χ1n) is 12.0. The largest absolute Gasteiger partial charge is 0.416 e. The quantitative estimate of drug-likeness (QED) is 0.179. The molecule has 0 saturated heterocycles. The van der Waals surface area contributed by atoms with Crippen molar-refractivity contribution in [3.63, 3.8) is 0 Å². The first-order valence-corrected chi connectivity index (χ1v) is 12.8. The van der Waals surface area contributed by atoms with E-state index in [2.05, 4.69) is 25.6 Å². The molecule has 2 aromatic carbocycles. The molecule has 0 amide bonds. The normalized spacial score (nSPS) is 14.3. The molecule has 2 heterocycles. The van der Waals surface area contributed by atoms with Crippen molar-refractivity contribution in [2.24, 2.45) is 5.92 Å². The number of aromatic nitrogens is 3. The van der Waals surface area contributed by atoms with Gasteiger partial charge in [0, 0.05) is 19.1 Å². The minimum absolute atomic E-state index is 0.158. The zero-order valence-electron chi connectivity index (χ0n) is 20.7. The van der Waals surface area contributed by atoms with E-state index < -0.39 is 30.0 Å². The van der Waals surface area contributed by atoms with E-state index in [1.165, 1.54) is 23.5 Å². The van der Waals surface area contributed by atoms with Crippen molar-refractivity contribution in [2.45, 2.75) is 45.3 Å². The number of nitrogens with zero attached hydrogens (tertiary/aromatic N) is 3. The highest BCUT2D eigenvalue weighted by molar-refractivity contribution is 7.21. The van der Waals surface area contributed by atoms with Crippen molar-refractivity contribution < 1.29 is 28.5 Å². The molecule has 4 rings (SSSR count). The number of benzene rings is 2. The molecule has 0 radical (unpaired) electrons. The second-order valence-corrected chi connectivity index (χ2v) is 9.85. The molecule has 8 nitrogen and oxygen atoms in total. The van der Waals surface area contributed by atoms with Crippen LogP contribution in [0, 0.1) is 12.8 Å². The minimum atomic E-state index is -4.42. The summed E-state index contributed by atoms with van der Waals surface area (Å²) < 4.78 is 39.5. The number of hydrogen-bond acceptors (Lipinski definition) is 9. The summed E-state index contributed by atoms with van der Waals surface area (Å²) in [6.45, 7) is 3.40. The van der Waals surface area contributed by atoms with Crippen molar-refractivity contribution in [1.29, 1.82) is 0 Å². The molecule has 0 bridgehead atoms. The Bertz CT molecular complexity index is 1340. The lowest BCUT2D eigenvalue weighted by molar-refractivity contribution is -0.137. The maximum absolute atomic E-state index is 12.9. The van der Waals surface area contributed by atoms with Gasteiger partial charge in [0.1, 0.15) is 16.9 Å². The van der Waals surface area contributed by atoms with Gasteiger partial charge in [-0.05, 0) is 43.2 Å². The van der Waals surface area contributed by atoms with Crippen LogP contribution < -0.4 is 10.6 Å². The third-order valence-electron chi connectivity index (χ3n) is 6.18. The fourth-order valence-electron chi connectivity index (χ4n) is 3.95. The van der Waals surface area contributed by atoms with Crippen LogP contribution in [0.4, 0.5) is 24.9 Å². The van der Waals surface area contributed by atoms with Crippen LogP contribution >= 0.6 is 11.3 Å². The van der Waals surface area contributed by atoms with E-state index in [9.17, 15) is 28.5 Å². The van der Waals surface area contributed by atoms with Crippen LogP contribution in [0.1, 0.15) is 30.2 Å². The van der Waals surface area contributed by atoms with Crippen LogP contribution in [0.15, 0.2) is 48.5 Å². The highest BCUT2D eigenvalue weighted by atomic mass is 32.1. The van der Waals surface area contributed by atoms with Crippen LogP contribution in [0.2, 0.25) is 0 Å². The molecule has 4 aromatic rings. The number of aliphatic hydroxyl groups is 3. The Morgan fingerprint density at radius 3 is 2.34 bits per heavy atom. The second kappa shape index (κ2) is 11.6. The molecule has 0 aliphatic carbocycles. The van der Waals surface area contributed by atoms with Crippen molar-refractivity contribution in [3.8, 4) is 10.6 Å². The molecule has 38 heavy (non-hydrogen) atoms. The zero-order valence-corrected chi connectivity index (χ0v) is 21.5. The molecule has 202 valence electrons. The Labute approximate surface area is 221 Å². The standard InChI is InChI=1S/C26H28F3N5O3S/c1-3-16(13-35)21(36)23(37)33-22-20(24-32-18-6-4-5-7-19(18)38-24)14(2)31-25(34-22)30-12-15-8-10-17(11-9-15)26(27,28)29/h4-11,16,21,23,35-37H,3,12-13H2,1-2H3,(H2,30,31,33,34). The predicted octanol–water partition coefficient (Wildman–Crippen LogP) is 4.80. The maximum Gasteiger partial charge on any atom is 0.416 e. The van der Waals surface area contributed by atoms with Gasteiger partial charge in [0.2, 0.25) is 5.95 Å². The maximum atomic E-state index is 12.9. The van der Waals surface area contributed by atoms with Gasteiger partial charge in [0.25, 0.3) is 0 Å². The lowest BCUT2D eigenvalue weighted by atomic mass is 9.99. The molecule has 3 unspecified atom stereocenters. The Balaban J connectivity index is 1.65. The SMILES string of the molecule is CCC(CO)C(O)C(O)Nc1nc(NCc2ccc(C(F)(F)F)cc2)nc(C)c1-c1nc2ccccc2s1. The summed E-state index contributed by atoms with van der Waals surface area (Å²) in [7, 11) is 0. The van der Waals surface area contributed by atoms with E-state index in [1.54, 1.807) is 13.8 Å². The molecule has 0 fully saturated rings. The number of aryl methyl sites for hydroxylation is 1. The third kappa shape index (κ3) is 6.21. The van der Waals surface area contributed by atoms with Gasteiger partial charge in [-0.1, -0.05) is 31.2 Å². The number of thiazole rings is 1. The molecular weight excluding hydrogens is 519 g/mol. The summed E-state index contributed by atoms with van der Waals surface area (Å²) in [4.78, 5) is 13.7. The zero-order chi connectivity index (χ0) is 27.4. The van der Waals surface area contributed by atoms with Crippen LogP contribution in [-0.4, -0.2) is 49.2 Å². The molecular formula is C26H28F3N5O3S. The first-order chi connectivity index (χ1) is 18.1. The Kier molecular flexibility index (Phi) is 8.46. The molecule has 3 atom stereocenters. The lowest BCUT2D eigenvalue weighted by Crippen LogP contribution is -2.40. The van der Waals surface area contributed by atoms with Crippen molar-refractivity contribution in [1.82, 2.24) is 15.0 Å². The number of rotatable bonds is 10. The lowest BCUT2D eigenvalue weighted by Gasteiger charge is -2.26. The number of aliphatic hydroxyl groups excluding tert-OH is 3. The third-order valence-corrected chi connectivity index (χ3v) is 7.23. The fourth-order valence-corrected chi connectivity index (χ4v) is 5.01. The summed E-state index contributed by atoms with van der Waals surface area (Å²) in [5.74, 6) is -0.167. The van der Waals surface area contributed by atoms with Crippen LogP contribution in [0.3, 0.4) is 0 Å². The van der Waals surface area contributed by atoms with E-state index in [1.807, 2.05) is 24.3 Å². The number of anilines is 2. The van der Waals surface area contributed by atoms with Crippen LogP contribution in [0.25, 0.3) is 20.8 Å². The Morgan fingerprint density at radius 2 is 1.71 bits per heavy atom. The number of halogens is 3. The number of nitrogens with one attached hydrogen (secondary N) is 2. The summed E-state index contributed by atoms with van der Waals surface area (Å²) in [6.07, 6.45) is -6.69. The second-order valence-electron chi connectivity index (χ2n) is 8.82. The van der Waals surface area contributed by atoms with Crippen molar-refractivity contribution >= 4 is 33.3 Å².